The van der Waals surface area contributed by atoms with Gasteiger partial charge in [-0.1, -0.05) is 0 Å². The third-order valence-electron chi connectivity index (χ3n) is 1.79. The monoisotopic (exact) mass is 224 g/mol. The summed E-state index contributed by atoms with van der Waals surface area (Å²) >= 11 is -0.753. The molecule has 0 amide bonds. The molecule has 0 saturated heterocycles. The van der Waals surface area contributed by atoms with E-state index < -0.39 is 14.7 Å². The molecule has 12 heavy (non-hydrogen) atoms. The number of carbonyl (C=O) groups excluding carboxylic acids is 1. The molecule has 0 N–H and O–H groups in total. The molecule has 0 aliphatic heterocycles. The Morgan fingerprint density at radius 2 is 1.67 bits per heavy atom. The van der Waals surface area contributed by atoms with Gasteiger partial charge in [-0.05, 0) is 0 Å². The van der Waals surface area contributed by atoms with Crippen LogP contribution in [-0.2, 0) is 0 Å². The molecule has 1 aromatic rings. The number of carbonyl (C=O) groups is 1. The first-order valence-electron chi connectivity index (χ1n) is 3.89. The predicted molar refractivity (Wildman–Crippen MR) is 53.6 cm³/mol. The maximum atomic E-state index is 10.9. The van der Waals surface area contributed by atoms with E-state index in [1.807, 2.05) is 12.1 Å². The summed E-state index contributed by atoms with van der Waals surface area (Å²) < 4.78 is 1.42. The summed E-state index contributed by atoms with van der Waals surface area (Å²) in [4.78, 5) is 10.9. The van der Waals surface area contributed by atoms with Gasteiger partial charge >= 0.3 is 77.8 Å². The van der Waals surface area contributed by atoms with Crippen LogP contribution in [0.5, 0.6) is 0 Å². The number of benzene rings is 1. The summed E-state index contributed by atoms with van der Waals surface area (Å²) in [6, 6.07) is 8.01. The molecule has 0 aliphatic rings. The summed E-state index contributed by atoms with van der Waals surface area (Å²) in [5.74, 6) is 0.146. The molecule has 0 bridgehead atoms. The van der Waals surface area contributed by atoms with Crippen LogP contribution >= 0.6 is 0 Å². The van der Waals surface area contributed by atoms with Crippen LogP contribution in [0.1, 0.15) is 17.3 Å². The van der Waals surface area contributed by atoms with Gasteiger partial charge in [0.05, 0.1) is 0 Å². The van der Waals surface area contributed by atoms with Crippen molar-refractivity contribution in [2.24, 2.45) is 0 Å². The fourth-order valence-corrected chi connectivity index (χ4v) is 2.56. The Morgan fingerprint density at radius 3 is 2.00 bits per heavy atom. The quantitative estimate of drug-likeness (QED) is 0.553. The molecular formula is C10H13AsO. The van der Waals surface area contributed by atoms with Gasteiger partial charge in [0, 0.05) is 0 Å². The fraction of sp³-hybridized carbons (Fsp3) is 0.300. The Hall–Kier alpha value is -0.552. The van der Waals surface area contributed by atoms with Crippen LogP contribution in [0.25, 0.3) is 0 Å². The zero-order valence-electron chi connectivity index (χ0n) is 7.66. The van der Waals surface area contributed by atoms with Crippen molar-refractivity contribution in [2.75, 3.05) is 0 Å². The summed E-state index contributed by atoms with van der Waals surface area (Å²) in [7, 11) is 0. The second-order valence-corrected chi connectivity index (χ2v) is 7.83. The van der Waals surface area contributed by atoms with Crippen LogP contribution in [0.4, 0.5) is 0 Å². The van der Waals surface area contributed by atoms with Gasteiger partial charge in [0.1, 0.15) is 0 Å². The van der Waals surface area contributed by atoms with Crippen molar-refractivity contribution in [1.29, 1.82) is 0 Å². The van der Waals surface area contributed by atoms with Gasteiger partial charge in [0.15, 0.2) is 0 Å². The molecule has 0 fully saturated rings. The van der Waals surface area contributed by atoms with E-state index in [-0.39, 0.29) is 5.78 Å². The number of Topliss-reactive ketones (excluding diaryl/α,β-unsaturated/α-hetero) is 1. The first kappa shape index (κ1) is 9.54. The molecule has 64 valence electrons. The molecule has 0 aromatic heterocycles. The van der Waals surface area contributed by atoms with E-state index in [4.69, 9.17) is 0 Å². The van der Waals surface area contributed by atoms with Crippen LogP contribution in [0.2, 0.25) is 11.4 Å². The zero-order chi connectivity index (χ0) is 9.14. The van der Waals surface area contributed by atoms with Crippen molar-refractivity contribution in [3.63, 3.8) is 0 Å². The third-order valence-corrected chi connectivity index (χ3v) is 4.58. The van der Waals surface area contributed by atoms with E-state index in [0.29, 0.717) is 0 Å². The maximum absolute atomic E-state index is 10.9. The molecule has 0 saturated carbocycles. The second-order valence-electron chi connectivity index (χ2n) is 3.00. The summed E-state index contributed by atoms with van der Waals surface area (Å²) in [5, 5.41) is 0. The normalized spacial score (nSPS) is 10.3. The first-order valence-corrected chi connectivity index (χ1v) is 8.58. The molecule has 0 radical (unpaired) electrons. The third kappa shape index (κ3) is 2.22. The standard InChI is InChI=1S/C10H13AsO/c1-8(12)9-4-6-10(7-5-9)11(2)3/h4-7H,1-3H3. The van der Waals surface area contributed by atoms with Crippen molar-refractivity contribution in [2.45, 2.75) is 18.3 Å². The molecule has 2 heteroatoms. The van der Waals surface area contributed by atoms with Gasteiger partial charge in [-0.2, -0.15) is 0 Å². The zero-order valence-corrected chi connectivity index (χ0v) is 9.54. The molecule has 0 aliphatic carbocycles. The Morgan fingerprint density at radius 1 is 1.17 bits per heavy atom. The van der Waals surface area contributed by atoms with Crippen LogP contribution in [0.15, 0.2) is 24.3 Å². The van der Waals surface area contributed by atoms with E-state index in [0.717, 1.165) is 5.56 Å². The van der Waals surface area contributed by atoms with Crippen LogP contribution in [0, 0.1) is 0 Å². The van der Waals surface area contributed by atoms with E-state index in [1.54, 1.807) is 6.92 Å². The molecular weight excluding hydrogens is 211 g/mol. The van der Waals surface area contributed by atoms with Crippen molar-refractivity contribution in [3.8, 4) is 0 Å². The number of ketones is 1. The van der Waals surface area contributed by atoms with Crippen molar-refractivity contribution in [3.05, 3.63) is 29.8 Å². The summed E-state index contributed by atoms with van der Waals surface area (Å²) in [5.41, 5.74) is 5.39. The predicted octanol–water partition coefficient (Wildman–Crippen LogP) is 1.85. The Bertz CT molecular complexity index is 274. The van der Waals surface area contributed by atoms with Crippen LogP contribution in [-0.4, -0.2) is 20.4 Å². The molecule has 0 spiro atoms. The second kappa shape index (κ2) is 3.91. The Balaban J connectivity index is 2.93. The molecule has 1 aromatic carbocycles. The number of hydrogen-bond donors (Lipinski definition) is 0. The van der Waals surface area contributed by atoms with Crippen LogP contribution in [0.3, 0.4) is 0 Å². The minimum atomic E-state index is -0.753. The average Bonchev–Trinajstić information content (AvgIpc) is 2.04. The van der Waals surface area contributed by atoms with E-state index >= 15 is 0 Å². The Kier molecular flexibility index (Phi) is 3.11. The molecule has 0 atom stereocenters. The van der Waals surface area contributed by atoms with Gasteiger partial charge < -0.3 is 0 Å². The van der Waals surface area contributed by atoms with E-state index in [9.17, 15) is 4.79 Å². The summed E-state index contributed by atoms with van der Waals surface area (Å²) in [6.45, 7) is 1.60. The number of rotatable bonds is 2. The topological polar surface area (TPSA) is 17.1 Å². The molecule has 1 nitrogen and oxygen atoms in total. The van der Waals surface area contributed by atoms with Crippen LogP contribution < -0.4 is 4.35 Å². The van der Waals surface area contributed by atoms with Gasteiger partial charge in [0.2, 0.25) is 0 Å². The molecule has 0 heterocycles. The van der Waals surface area contributed by atoms with Gasteiger partial charge in [-0.25, -0.2) is 0 Å². The van der Waals surface area contributed by atoms with Crippen molar-refractivity contribution < 1.29 is 4.79 Å². The van der Waals surface area contributed by atoms with Gasteiger partial charge in [-0.3, -0.25) is 0 Å². The SMILES string of the molecule is CC(=O)c1ccc([As](C)C)cc1. The number of hydrogen-bond acceptors (Lipinski definition) is 1. The minimum absolute atomic E-state index is 0.146. The summed E-state index contributed by atoms with van der Waals surface area (Å²) in [6.07, 6.45) is 0. The molecule has 1 rings (SSSR count). The van der Waals surface area contributed by atoms with Gasteiger partial charge in [-0.15, -0.1) is 0 Å². The van der Waals surface area contributed by atoms with E-state index in [1.165, 1.54) is 4.35 Å². The average molecular weight is 224 g/mol. The Labute approximate surface area is 78.1 Å². The van der Waals surface area contributed by atoms with Gasteiger partial charge in [0.25, 0.3) is 0 Å². The van der Waals surface area contributed by atoms with E-state index in [2.05, 4.69) is 23.6 Å². The van der Waals surface area contributed by atoms with Crippen molar-refractivity contribution >= 4 is 24.8 Å². The molecule has 0 unspecified atom stereocenters. The van der Waals surface area contributed by atoms with Crippen molar-refractivity contribution in [1.82, 2.24) is 0 Å². The fourth-order valence-electron chi connectivity index (χ4n) is 0.994. The first-order chi connectivity index (χ1) is 5.61.